The fourth-order valence-electron chi connectivity index (χ4n) is 4.25. The maximum atomic E-state index is 11.5. The summed E-state index contributed by atoms with van der Waals surface area (Å²) < 4.78 is 0. The second kappa shape index (κ2) is 8.08. The van der Waals surface area contributed by atoms with E-state index in [1.54, 1.807) is 6.92 Å². The summed E-state index contributed by atoms with van der Waals surface area (Å²) in [4.78, 5) is 23.4. The first-order chi connectivity index (χ1) is 14.0. The Kier molecular flexibility index (Phi) is 5.34. The van der Waals surface area contributed by atoms with Gasteiger partial charge in [-0.05, 0) is 56.7 Å². The molecule has 1 aliphatic heterocycles. The van der Waals surface area contributed by atoms with Crippen LogP contribution in [0.2, 0.25) is 0 Å². The topological polar surface area (TPSA) is 93.9 Å². The molecule has 0 saturated carbocycles. The first kappa shape index (κ1) is 19.2. The van der Waals surface area contributed by atoms with Crippen molar-refractivity contribution in [2.45, 2.75) is 52.0 Å². The van der Waals surface area contributed by atoms with Crippen LogP contribution in [-0.2, 0) is 17.6 Å². The summed E-state index contributed by atoms with van der Waals surface area (Å²) in [6, 6.07) is 8.08. The summed E-state index contributed by atoms with van der Waals surface area (Å²) in [5.41, 5.74) is 4.75. The van der Waals surface area contributed by atoms with Crippen molar-refractivity contribution < 1.29 is 4.79 Å². The summed E-state index contributed by atoms with van der Waals surface area (Å²) in [6.45, 7) is 5.20. The van der Waals surface area contributed by atoms with Gasteiger partial charge in [-0.1, -0.05) is 6.07 Å². The minimum Gasteiger partial charge on any atom is -0.354 e. The SMILES string of the molecule is CC(=O)NC1CCCN(c2nc(Nc3ccc(C)c(C#N)c3)nc3c2CCC3)C1. The molecule has 0 radical (unpaired) electrons. The molecule has 1 amide bonds. The Labute approximate surface area is 171 Å². The Balaban J connectivity index is 1.62. The number of nitrogens with one attached hydrogen (secondary N) is 2. The minimum absolute atomic E-state index is 0.0137. The van der Waals surface area contributed by atoms with Crippen molar-refractivity contribution in [3.63, 3.8) is 0 Å². The molecule has 1 saturated heterocycles. The molecule has 2 N–H and O–H groups in total. The van der Waals surface area contributed by atoms with Crippen molar-refractivity contribution in [3.05, 3.63) is 40.6 Å². The molecular weight excluding hydrogens is 364 g/mol. The maximum absolute atomic E-state index is 11.5. The van der Waals surface area contributed by atoms with E-state index in [9.17, 15) is 10.1 Å². The van der Waals surface area contributed by atoms with Gasteiger partial charge in [0, 0.05) is 37.3 Å². The van der Waals surface area contributed by atoms with E-state index in [-0.39, 0.29) is 11.9 Å². The van der Waals surface area contributed by atoms with Crippen LogP contribution in [0, 0.1) is 18.3 Å². The van der Waals surface area contributed by atoms with Crippen LogP contribution in [0.25, 0.3) is 0 Å². The summed E-state index contributed by atoms with van der Waals surface area (Å²) in [5.74, 6) is 1.56. The van der Waals surface area contributed by atoms with Gasteiger partial charge in [0.25, 0.3) is 0 Å². The van der Waals surface area contributed by atoms with Gasteiger partial charge in [0.1, 0.15) is 5.82 Å². The minimum atomic E-state index is 0.0137. The van der Waals surface area contributed by atoms with E-state index in [1.165, 1.54) is 5.56 Å². The molecule has 7 nitrogen and oxygen atoms in total. The largest absolute Gasteiger partial charge is 0.354 e. The van der Waals surface area contributed by atoms with Crippen LogP contribution in [0.1, 0.15) is 48.6 Å². The van der Waals surface area contributed by atoms with Gasteiger partial charge < -0.3 is 15.5 Å². The highest BCUT2D eigenvalue weighted by atomic mass is 16.1. The van der Waals surface area contributed by atoms with Crippen LogP contribution < -0.4 is 15.5 Å². The zero-order valence-corrected chi connectivity index (χ0v) is 17.0. The molecule has 0 spiro atoms. The van der Waals surface area contributed by atoms with Crippen molar-refractivity contribution in [3.8, 4) is 6.07 Å². The number of amides is 1. The molecule has 150 valence electrons. The summed E-state index contributed by atoms with van der Waals surface area (Å²) in [6.07, 6.45) is 5.06. The average molecular weight is 390 g/mol. The second-order valence-electron chi connectivity index (χ2n) is 7.90. The summed E-state index contributed by atoms with van der Waals surface area (Å²) in [5, 5.41) is 15.6. The lowest BCUT2D eigenvalue weighted by Gasteiger charge is -2.35. The van der Waals surface area contributed by atoms with E-state index in [4.69, 9.17) is 9.97 Å². The highest BCUT2D eigenvalue weighted by Gasteiger charge is 2.27. The number of rotatable bonds is 4. The average Bonchev–Trinajstić information content (AvgIpc) is 3.17. The third-order valence-electron chi connectivity index (χ3n) is 5.65. The summed E-state index contributed by atoms with van der Waals surface area (Å²) in [7, 11) is 0. The summed E-state index contributed by atoms with van der Waals surface area (Å²) >= 11 is 0. The van der Waals surface area contributed by atoms with Crippen LogP contribution in [-0.4, -0.2) is 35.0 Å². The fourth-order valence-corrected chi connectivity index (χ4v) is 4.25. The van der Waals surface area contributed by atoms with E-state index in [2.05, 4.69) is 21.6 Å². The van der Waals surface area contributed by atoms with Gasteiger partial charge in [-0.2, -0.15) is 10.2 Å². The Morgan fingerprint density at radius 2 is 2.14 bits per heavy atom. The van der Waals surface area contributed by atoms with E-state index >= 15 is 0 Å². The monoisotopic (exact) mass is 390 g/mol. The zero-order chi connectivity index (χ0) is 20.4. The number of benzene rings is 1. The van der Waals surface area contributed by atoms with Crippen LogP contribution in [0.15, 0.2) is 18.2 Å². The smallest absolute Gasteiger partial charge is 0.229 e. The molecule has 7 heteroatoms. The first-order valence-electron chi connectivity index (χ1n) is 10.2. The molecule has 1 atom stereocenters. The molecule has 2 aromatic rings. The Hall–Kier alpha value is -3.14. The normalized spacial score (nSPS) is 18.1. The molecule has 2 aliphatic rings. The fraction of sp³-hybridized carbons (Fsp3) is 0.455. The van der Waals surface area contributed by atoms with Gasteiger partial charge in [-0.15, -0.1) is 0 Å². The number of piperidine rings is 1. The second-order valence-corrected chi connectivity index (χ2v) is 7.90. The molecule has 29 heavy (non-hydrogen) atoms. The van der Waals surface area contributed by atoms with Gasteiger partial charge >= 0.3 is 0 Å². The zero-order valence-electron chi connectivity index (χ0n) is 17.0. The van der Waals surface area contributed by atoms with Gasteiger partial charge in [0.2, 0.25) is 11.9 Å². The van der Waals surface area contributed by atoms with Crippen LogP contribution in [0.4, 0.5) is 17.5 Å². The Morgan fingerprint density at radius 3 is 2.93 bits per heavy atom. The molecule has 1 fully saturated rings. The van der Waals surface area contributed by atoms with Crippen LogP contribution >= 0.6 is 0 Å². The van der Waals surface area contributed by atoms with Gasteiger partial charge in [-0.3, -0.25) is 4.79 Å². The third-order valence-corrected chi connectivity index (χ3v) is 5.65. The maximum Gasteiger partial charge on any atom is 0.229 e. The molecule has 2 heterocycles. The lowest BCUT2D eigenvalue weighted by molar-refractivity contribution is -0.119. The number of hydrogen-bond donors (Lipinski definition) is 2. The lowest BCUT2D eigenvalue weighted by Crippen LogP contribution is -2.47. The number of aromatic nitrogens is 2. The number of anilines is 3. The standard InChI is InChI=1S/C22H26N6O/c1-14-8-9-17(11-16(14)12-23)25-22-26-20-7-3-6-19(20)21(27-22)28-10-4-5-18(13-28)24-15(2)29/h8-9,11,18H,3-7,10,13H2,1-2H3,(H,24,29)(H,25,26,27). The van der Waals surface area contributed by atoms with E-state index in [0.717, 1.165) is 68.0 Å². The van der Waals surface area contributed by atoms with E-state index < -0.39 is 0 Å². The highest BCUT2D eigenvalue weighted by molar-refractivity contribution is 5.73. The lowest BCUT2D eigenvalue weighted by atomic mass is 10.0. The van der Waals surface area contributed by atoms with Crippen molar-refractivity contribution >= 4 is 23.4 Å². The van der Waals surface area contributed by atoms with Crippen molar-refractivity contribution in [1.29, 1.82) is 5.26 Å². The molecule has 1 aromatic carbocycles. The molecular formula is C22H26N6O. The number of carbonyl (C=O) groups excluding carboxylic acids is 1. The van der Waals surface area contributed by atoms with Gasteiger partial charge in [-0.25, -0.2) is 4.98 Å². The van der Waals surface area contributed by atoms with Crippen molar-refractivity contribution in [2.75, 3.05) is 23.3 Å². The number of nitrogens with zero attached hydrogens (tertiary/aromatic N) is 4. The number of aryl methyl sites for hydroxylation is 2. The number of nitriles is 1. The quantitative estimate of drug-likeness (QED) is 0.833. The number of hydrogen-bond acceptors (Lipinski definition) is 6. The highest BCUT2D eigenvalue weighted by Crippen LogP contribution is 2.32. The predicted octanol–water partition coefficient (Wildman–Crippen LogP) is 2.99. The van der Waals surface area contributed by atoms with Crippen LogP contribution in [0.5, 0.6) is 0 Å². The van der Waals surface area contributed by atoms with Gasteiger partial charge in [0.05, 0.1) is 17.3 Å². The van der Waals surface area contributed by atoms with E-state index in [1.807, 2.05) is 25.1 Å². The molecule has 4 rings (SSSR count). The molecule has 1 aromatic heterocycles. The van der Waals surface area contributed by atoms with Crippen molar-refractivity contribution in [2.24, 2.45) is 0 Å². The van der Waals surface area contributed by atoms with Crippen molar-refractivity contribution in [1.82, 2.24) is 15.3 Å². The third kappa shape index (κ3) is 4.16. The van der Waals surface area contributed by atoms with Crippen LogP contribution in [0.3, 0.4) is 0 Å². The predicted molar refractivity (Wildman–Crippen MR) is 112 cm³/mol. The number of carbonyl (C=O) groups is 1. The van der Waals surface area contributed by atoms with E-state index in [0.29, 0.717) is 11.5 Å². The number of fused-ring (bicyclic) bond motifs is 1. The Bertz CT molecular complexity index is 980. The molecule has 1 aliphatic carbocycles. The Morgan fingerprint density at radius 1 is 1.28 bits per heavy atom. The molecule has 1 unspecified atom stereocenters. The molecule has 0 bridgehead atoms. The first-order valence-corrected chi connectivity index (χ1v) is 10.2. The van der Waals surface area contributed by atoms with Gasteiger partial charge in [0.15, 0.2) is 0 Å².